The smallest absolute Gasteiger partial charge is 0.127 e. The van der Waals surface area contributed by atoms with Gasteiger partial charge in [-0.05, 0) is 53.8 Å². The first-order valence-corrected chi connectivity index (χ1v) is 10.1. The Morgan fingerprint density at radius 1 is 0.966 bits per heavy atom. The number of hydrogen-bond acceptors (Lipinski definition) is 3. The molecule has 0 amide bonds. The molecule has 1 aliphatic heterocycles. The highest BCUT2D eigenvalue weighted by Gasteiger charge is 2.37. The van der Waals surface area contributed by atoms with Crippen molar-refractivity contribution >= 4 is 17.6 Å². The van der Waals surface area contributed by atoms with E-state index in [-0.39, 0.29) is 0 Å². The van der Waals surface area contributed by atoms with Crippen molar-refractivity contribution < 1.29 is 4.74 Å². The maximum atomic E-state index is 5.40. The lowest BCUT2D eigenvalue weighted by Crippen LogP contribution is -2.28. The molecule has 0 bridgehead atoms. The summed E-state index contributed by atoms with van der Waals surface area (Å²) in [7, 11) is 1.68. The molecule has 3 aromatic rings. The van der Waals surface area contributed by atoms with Crippen LogP contribution in [-0.2, 0) is 0 Å². The van der Waals surface area contributed by atoms with Gasteiger partial charge in [0, 0.05) is 23.4 Å². The highest BCUT2D eigenvalue weighted by atomic mass is 16.5. The minimum atomic E-state index is 0.317. The number of nitrogens with zero attached hydrogens (tertiary/aromatic N) is 1. The first-order chi connectivity index (χ1) is 14.3. The summed E-state index contributed by atoms with van der Waals surface area (Å²) >= 11 is 0. The van der Waals surface area contributed by atoms with Crippen LogP contribution in [0, 0.1) is 5.92 Å². The SMILES string of the molecule is COc1ccccc1C=Nc1ccc([C@@H]2Nc3ccccc3[C@H]3C=CC[C@H]32)cc1. The highest BCUT2D eigenvalue weighted by Crippen LogP contribution is 2.49. The number of anilines is 1. The van der Waals surface area contributed by atoms with Crippen LogP contribution in [-0.4, -0.2) is 13.3 Å². The fraction of sp³-hybridized carbons (Fsp3) is 0.192. The summed E-state index contributed by atoms with van der Waals surface area (Å²) in [6.45, 7) is 0. The molecule has 3 nitrogen and oxygen atoms in total. The van der Waals surface area contributed by atoms with Crippen molar-refractivity contribution in [3.8, 4) is 5.75 Å². The van der Waals surface area contributed by atoms with Crippen LogP contribution >= 0.6 is 0 Å². The Morgan fingerprint density at radius 2 is 1.76 bits per heavy atom. The predicted molar refractivity (Wildman–Crippen MR) is 119 cm³/mol. The molecule has 2 aliphatic rings. The number of methoxy groups -OCH3 is 1. The normalized spacial score (nSPS) is 22.2. The number of rotatable bonds is 4. The Kier molecular flexibility index (Phi) is 4.65. The molecule has 0 saturated heterocycles. The molecule has 0 radical (unpaired) electrons. The molecule has 1 N–H and O–H groups in total. The summed E-state index contributed by atoms with van der Waals surface area (Å²) < 4.78 is 5.40. The van der Waals surface area contributed by atoms with E-state index in [1.54, 1.807) is 7.11 Å². The zero-order valence-electron chi connectivity index (χ0n) is 16.5. The fourth-order valence-corrected chi connectivity index (χ4v) is 4.56. The quantitative estimate of drug-likeness (QED) is 0.427. The van der Waals surface area contributed by atoms with Crippen molar-refractivity contribution in [2.75, 3.05) is 12.4 Å². The molecule has 3 heteroatoms. The molecule has 0 spiro atoms. The van der Waals surface area contributed by atoms with Crippen LogP contribution in [0.25, 0.3) is 0 Å². The molecule has 29 heavy (non-hydrogen) atoms. The third-order valence-corrected chi connectivity index (χ3v) is 6.02. The zero-order chi connectivity index (χ0) is 19.6. The van der Waals surface area contributed by atoms with E-state index >= 15 is 0 Å². The van der Waals surface area contributed by atoms with E-state index in [1.807, 2.05) is 30.5 Å². The van der Waals surface area contributed by atoms with Gasteiger partial charge < -0.3 is 10.1 Å². The van der Waals surface area contributed by atoms with Crippen LogP contribution in [0.3, 0.4) is 0 Å². The number of para-hydroxylation sites is 2. The second-order valence-corrected chi connectivity index (χ2v) is 7.65. The van der Waals surface area contributed by atoms with Crippen molar-refractivity contribution in [3.63, 3.8) is 0 Å². The standard InChI is InChI=1S/C26H24N2O/c1-29-25-12-5-2-7-19(25)17-27-20-15-13-18(14-16-20)26-23-10-6-9-21(23)22-8-3-4-11-24(22)28-26/h2-9,11-17,21,23,26,28H,10H2,1H3/t21-,23-,26+/m1/s1. The van der Waals surface area contributed by atoms with Crippen molar-refractivity contribution in [3.05, 3.63) is 102 Å². The predicted octanol–water partition coefficient (Wildman–Crippen LogP) is 6.27. The summed E-state index contributed by atoms with van der Waals surface area (Å²) in [5.74, 6) is 1.89. The van der Waals surface area contributed by atoms with E-state index < -0.39 is 0 Å². The second-order valence-electron chi connectivity index (χ2n) is 7.65. The molecule has 144 valence electrons. The van der Waals surface area contributed by atoms with Crippen LogP contribution in [0.5, 0.6) is 5.75 Å². The van der Waals surface area contributed by atoms with Gasteiger partial charge in [0.2, 0.25) is 0 Å². The van der Waals surface area contributed by atoms with Crippen LogP contribution < -0.4 is 10.1 Å². The molecular weight excluding hydrogens is 356 g/mol. The minimum absolute atomic E-state index is 0.317. The Morgan fingerprint density at radius 3 is 2.62 bits per heavy atom. The third kappa shape index (κ3) is 3.33. The van der Waals surface area contributed by atoms with Gasteiger partial charge in [-0.1, -0.05) is 54.6 Å². The van der Waals surface area contributed by atoms with Crippen LogP contribution in [0.1, 0.15) is 35.1 Å². The Hall–Kier alpha value is -3.33. The summed E-state index contributed by atoms with van der Waals surface area (Å²) in [4.78, 5) is 4.64. The van der Waals surface area contributed by atoms with Gasteiger partial charge in [0.1, 0.15) is 5.75 Å². The average molecular weight is 380 g/mol. The van der Waals surface area contributed by atoms with E-state index in [1.165, 1.54) is 16.8 Å². The first-order valence-electron chi connectivity index (χ1n) is 10.1. The maximum Gasteiger partial charge on any atom is 0.127 e. The van der Waals surface area contributed by atoms with Crippen LogP contribution in [0.2, 0.25) is 0 Å². The van der Waals surface area contributed by atoms with E-state index in [0.29, 0.717) is 17.9 Å². The van der Waals surface area contributed by atoms with Crippen molar-refractivity contribution in [2.45, 2.75) is 18.4 Å². The topological polar surface area (TPSA) is 33.6 Å². The van der Waals surface area contributed by atoms with Gasteiger partial charge in [0.15, 0.2) is 0 Å². The minimum Gasteiger partial charge on any atom is -0.496 e. The maximum absolute atomic E-state index is 5.40. The fourth-order valence-electron chi connectivity index (χ4n) is 4.56. The molecule has 0 saturated carbocycles. The summed E-state index contributed by atoms with van der Waals surface area (Å²) in [6.07, 6.45) is 7.69. The summed E-state index contributed by atoms with van der Waals surface area (Å²) in [5.41, 5.74) is 5.90. The highest BCUT2D eigenvalue weighted by molar-refractivity contribution is 5.85. The molecule has 1 aliphatic carbocycles. The summed E-state index contributed by atoms with van der Waals surface area (Å²) in [6, 6.07) is 25.5. The van der Waals surface area contributed by atoms with Gasteiger partial charge in [0.05, 0.1) is 18.8 Å². The first kappa shape index (κ1) is 17.7. The number of fused-ring (bicyclic) bond motifs is 3. The van der Waals surface area contributed by atoms with Gasteiger partial charge in [0.25, 0.3) is 0 Å². The number of ether oxygens (including phenoxy) is 1. The van der Waals surface area contributed by atoms with Gasteiger partial charge in [-0.25, -0.2) is 0 Å². The molecule has 0 unspecified atom stereocenters. The largest absolute Gasteiger partial charge is 0.496 e. The van der Waals surface area contributed by atoms with Crippen molar-refractivity contribution in [1.82, 2.24) is 0 Å². The van der Waals surface area contributed by atoms with Crippen LogP contribution in [0.15, 0.2) is 89.9 Å². The number of allylic oxidation sites excluding steroid dienone is 2. The summed E-state index contributed by atoms with van der Waals surface area (Å²) in [5, 5.41) is 3.78. The van der Waals surface area contributed by atoms with Gasteiger partial charge >= 0.3 is 0 Å². The Bertz CT molecular complexity index is 1070. The molecular formula is C26H24N2O. The zero-order valence-corrected chi connectivity index (χ0v) is 16.5. The molecule has 0 aromatic heterocycles. The molecule has 1 heterocycles. The van der Waals surface area contributed by atoms with E-state index in [4.69, 9.17) is 4.74 Å². The number of benzene rings is 3. The average Bonchev–Trinajstić information content (AvgIpc) is 3.28. The number of nitrogens with one attached hydrogen (secondary N) is 1. The third-order valence-electron chi connectivity index (χ3n) is 6.02. The van der Waals surface area contributed by atoms with E-state index in [2.05, 4.69) is 71.0 Å². The lowest BCUT2D eigenvalue weighted by Gasteiger charge is -2.37. The molecule has 5 rings (SSSR count). The molecule has 3 atom stereocenters. The monoisotopic (exact) mass is 380 g/mol. The number of hydrogen-bond donors (Lipinski definition) is 1. The number of aliphatic imine (C=N–C) groups is 1. The lowest BCUT2D eigenvalue weighted by atomic mass is 9.77. The Balaban J connectivity index is 1.39. The van der Waals surface area contributed by atoms with Crippen LogP contribution in [0.4, 0.5) is 11.4 Å². The second kappa shape index (κ2) is 7.59. The molecule has 0 fully saturated rings. The van der Waals surface area contributed by atoms with Crippen molar-refractivity contribution in [1.29, 1.82) is 0 Å². The lowest BCUT2D eigenvalue weighted by molar-refractivity contribution is 0.414. The van der Waals surface area contributed by atoms with E-state index in [0.717, 1.165) is 23.4 Å². The van der Waals surface area contributed by atoms with Crippen molar-refractivity contribution in [2.24, 2.45) is 10.9 Å². The molecule has 3 aromatic carbocycles. The van der Waals surface area contributed by atoms with Gasteiger partial charge in [-0.3, -0.25) is 4.99 Å². The van der Waals surface area contributed by atoms with Gasteiger partial charge in [-0.15, -0.1) is 0 Å². The Labute approximate surface area is 171 Å². The van der Waals surface area contributed by atoms with Gasteiger partial charge in [-0.2, -0.15) is 0 Å². The van der Waals surface area contributed by atoms with E-state index in [9.17, 15) is 0 Å².